The summed E-state index contributed by atoms with van der Waals surface area (Å²) in [6, 6.07) is 17.5. The summed E-state index contributed by atoms with van der Waals surface area (Å²) in [6.45, 7) is 8.92. The fraction of sp³-hybridized carbons (Fsp3) is 0.500. The first-order valence-electron chi connectivity index (χ1n) is 13.8. The zero-order valence-corrected chi connectivity index (χ0v) is 22.0. The molecule has 0 N–H and O–H groups in total. The van der Waals surface area contributed by atoms with Gasteiger partial charge in [-0.15, -0.1) is 0 Å². The van der Waals surface area contributed by atoms with Crippen LogP contribution in [0.3, 0.4) is 0 Å². The van der Waals surface area contributed by atoms with Crippen molar-refractivity contribution in [2.45, 2.75) is 105 Å². The molecule has 0 atom stereocenters. The summed E-state index contributed by atoms with van der Waals surface area (Å²) >= 11 is 0. The van der Waals surface area contributed by atoms with Gasteiger partial charge in [-0.2, -0.15) is 0 Å². The van der Waals surface area contributed by atoms with Crippen molar-refractivity contribution in [1.29, 1.82) is 0 Å². The Labute approximate surface area is 208 Å². The molecule has 0 aliphatic carbocycles. The summed E-state index contributed by atoms with van der Waals surface area (Å²) in [5.74, 6) is 0. The number of hydrogen-bond acceptors (Lipinski definition) is 0. The number of rotatable bonds is 14. The maximum absolute atomic E-state index is 11.7. The minimum atomic E-state index is 1.00. The van der Waals surface area contributed by atoms with Crippen LogP contribution in [0.15, 0.2) is 59.7 Å². The SMILES string of the molecule is CCCCCCCCC1=C(c2cccc(CC)c2)[N+](=[N-])C(c2cccc(CC)c2)=C1CCCC. The molecule has 1 aliphatic rings. The van der Waals surface area contributed by atoms with Crippen LogP contribution in [0, 0.1) is 0 Å². The molecule has 0 saturated heterocycles. The summed E-state index contributed by atoms with van der Waals surface area (Å²) < 4.78 is 1.53. The predicted octanol–water partition coefficient (Wildman–Crippen LogP) is 9.92. The highest BCUT2D eigenvalue weighted by molar-refractivity contribution is 5.82. The molecule has 1 heterocycles. The van der Waals surface area contributed by atoms with Crippen LogP contribution in [0.25, 0.3) is 16.9 Å². The normalized spacial score (nSPS) is 13.9. The van der Waals surface area contributed by atoms with Crippen LogP contribution in [0.2, 0.25) is 0 Å². The summed E-state index contributed by atoms with van der Waals surface area (Å²) in [4.78, 5) is 0. The average Bonchev–Trinajstić information content (AvgIpc) is 3.15. The number of unbranched alkanes of at least 4 members (excludes halogenated alkanes) is 6. The Balaban J connectivity index is 2.05. The van der Waals surface area contributed by atoms with Gasteiger partial charge in [-0.3, -0.25) is 0 Å². The van der Waals surface area contributed by atoms with E-state index in [2.05, 4.69) is 76.2 Å². The molecule has 182 valence electrons. The molecular weight excluding hydrogens is 412 g/mol. The lowest BCUT2D eigenvalue weighted by Gasteiger charge is -2.11. The molecule has 0 spiro atoms. The Morgan fingerprint density at radius 1 is 0.588 bits per heavy atom. The third-order valence-electron chi connectivity index (χ3n) is 7.14. The number of hydrogen-bond donors (Lipinski definition) is 0. The molecule has 2 aromatic carbocycles. The molecule has 3 rings (SSSR count). The third kappa shape index (κ3) is 6.34. The summed E-state index contributed by atoms with van der Waals surface area (Å²) in [5, 5.41) is 0. The van der Waals surface area contributed by atoms with Gasteiger partial charge in [-0.05, 0) is 73.9 Å². The molecule has 0 radical (unpaired) electrons. The first-order chi connectivity index (χ1) is 16.6. The Morgan fingerprint density at radius 2 is 1.06 bits per heavy atom. The largest absolute Gasteiger partial charge is 0.493 e. The van der Waals surface area contributed by atoms with Crippen molar-refractivity contribution in [2.75, 3.05) is 0 Å². The van der Waals surface area contributed by atoms with Gasteiger partial charge in [0.25, 0.3) is 0 Å². The predicted molar refractivity (Wildman–Crippen MR) is 147 cm³/mol. The van der Waals surface area contributed by atoms with Crippen molar-refractivity contribution < 1.29 is 4.70 Å². The lowest BCUT2D eigenvalue weighted by Crippen LogP contribution is -2.03. The first kappa shape index (κ1) is 26.1. The lowest BCUT2D eigenvalue weighted by atomic mass is 9.91. The van der Waals surface area contributed by atoms with E-state index in [1.165, 1.54) is 65.5 Å². The highest BCUT2D eigenvalue weighted by Crippen LogP contribution is 2.44. The zero-order chi connectivity index (χ0) is 24.3. The summed E-state index contributed by atoms with van der Waals surface area (Å²) in [5.41, 5.74) is 21.3. The molecule has 0 bridgehead atoms. The van der Waals surface area contributed by atoms with E-state index >= 15 is 0 Å². The zero-order valence-electron chi connectivity index (χ0n) is 22.0. The molecule has 0 unspecified atom stereocenters. The quantitative estimate of drug-likeness (QED) is 0.200. The second-order valence-corrected chi connectivity index (χ2v) is 9.70. The number of allylic oxidation sites excluding steroid dienone is 2. The topological polar surface area (TPSA) is 25.3 Å². The van der Waals surface area contributed by atoms with Gasteiger partial charge in [0.15, 0.2) is 0 Å². The fourth-order valence-corrected chi connectivity index (χ4v) is 5.10. The van der Waals surface area contributed by atoms with Crippen molar-refractivity contribution in [2.24, 2.45) is 0 Å². The van der Waals surface area contributed by atoms with Crippen molar-refractivity contribution in [3.8, 4) is 0 Å². The maximum atomic E-state index is 11.7. The Kier molecular flexibility index (Phi) is 10.3. The van der Waals surface area contributed by atoms with Crippen LogP contribution in [0.4, 0.5) is 0 Å². The molecule has 0 fully saturated rings. The van der Waals surface area contributed by atoms with Gasteiger partial charge in [0, 0.05) is 22.3 Å². The molecule has 34 heavy (non-hydrogen) atoms. The second kappa shape index (κ2) is 13.4. The smallest absolute Gasteiger partial charge is 0.211 e. The van der Waals surface area contributed by atoms with E-state index in [1.807, 2.05) is 0 Å². The van der Waals surface area contributed by atoms with Gasteiger partial charge >= 0.3 is 0 Å². The molecule has 2 nitrogen and oxygen atoms in total. The van der Waals surface area contributed by atoms with E-state index in [0.717, 1.165) is 61.0 Å². The van der Waals surface area contributed by atoms with E-state index < -0.39 is 0 Å². The van der Waals surface area contributed by atoms with Crippen molar-refractivity contribution >= 4 is 11.4 Å². The van der Waals surface area contributed by atoms with E-state index in [0.29, 0.717) is 0 Å². The van der Waals surface area contributed by atoms with Gasteiger partial charge in [-0.25, -0.2) is 4.70 Å². The van der Waals surface area contributed by atoms with Crippen LogP contribution < -0.4 is 0 Å². The Morgan fingerprint density at radius 3 is 1.56 bits per heavy atom. The lowest BCUT2D eigenvalue weighted by molar-refractivity contribution is -0.345. The molecule has 0 saturated carbocycles. The fourth-order valence-electron chi connectivity index (χ4n) is 5.10. The van der Waals surface area contributed by atoms with Crippen molar-refractivity contribution in [1.82, 2.24) is 0 Å². The van der Waals surface area contributed by atoms with Crippen LogP contribution in [0.5, 0.6) is 0 Å². The van der Waals surface area contributed by atoms with Crippen LogP contribution in [-0.2, 0) is 12.8 Å². The Hall–Kier alpha value is -2.48. The number of nitrogens with zero attached hydrogens (tertiary/aromatic N) is 2. The van der Waals surface area contributed by atoms with Crippen molar-refractivity contribution in [3.63, 3.8) is 0 Å². The average molecular weight is 457 g/mol. The maximum Gasteiger partial charge on any atom is 0.211 e. The molecule has 0 aromatic heterocycles. The van der Waals surface area contributed by atoms with E-state index in [9.17, 15) is 5.53 Å². The van der Waals surface area contributed by atoms with Gasteiger partial charge in [0.2, 0.25) is 11.4 Å². The second-order valence-electron chi connectivity index (χ2n) is 9.70. The molecule has 2 heteroatoms. The third-order valence-corrected chi connectivity index (χ3v) is 7.14. The Bertz CT molecular complexity index is 1020. The summed E-state index contributed by atoms with van der Waals surface area (Å²) in [7, 11) is 0. The monoisotopic (exact) mass is 456 g/mol. The molecule has 2 aromatic rings. The minimum Gasteiger partial charge on any atom is -0.493 e. The van der Waals surface area contributed by atoms with Gasteiger partial charge < -0.3 is 5.53 Å². The number of aryl methyl sites for hydroxylation is 2. The van der Waals surface area contributed by atoms with Gasteiger partial charge in [0.1, 0.15) is 0 Å². The van der Waals surface area contributed by atoms with Crippen LogP contribution in [-0.4, -0.2) is 4.70 Å². The molecular formula is C32H44N2. The van der Waals surface area contributed by atoms with Crippen LogP contribution >= 0.6 is 0 Å². The first-order valence-corrected chi connectivity index (χ1v) is 13.8. The minimum absolute atomic E-state index is 1.00. The number of benzene rings is 2. The van der Waals surface area contributed by atoms with E-state index in [4.69, 9.17) is 0 Å². The van der Waals surface area contributed by atoms with Gasteiger partial charge in [0.05, 0.1) is 0 Å². The van der Waals surface area contributed by atoms with E-state index in [-0.39, 0.29) is 0 Å². The van der Waals surface area contributed by atoms with E-state index in [1.54, 1.807) is 0 Å². The molecule has 1 aliphatic heterocycles. The van der Waals surface area contributed by atoms with Crippen molar-refractivity contribution in [3.05, 3.63) is 87.5 Å². The standard InChI is InChI=1S/C32H44N2/c1-5-9-11-12-13-14-22-30-29(21-10-6-2)31(27-19-15-17-25(7-3)23-27)34(33)32(30)28-20-16-18-26(8-4)24-28/h15-20,23-24H,5-14,21-22H2,1-4H3. The van der Waals surface area contributed by atoms with Gasteiger partial charge in [-0.1, -0.05) is 90.5 Å². The highest BCUT2D eigenvalue weighted by Gasteiger charge is 2.35. The summed E-state index contributed by atoms with van der Waals surface area (Å²) in [6.07, 6.45) is 14.1. The van der Waals surface area contributed by atoms with Crippen LogP contribution in [0.1, 0.15) is 114 Å². The highest BCUT2D eigenvalue weighted by atomic mass is 15.2. The molecule has 0 amide bonds.